The predicted molar refractivity (Wildman–Crippen MR) is 82.2 cm³/mol. The summed E-state index contributed by atoms with van der Waals surface area (Å²) >= 11 is 0. The summed E-state index contributed by atoms with van der Waals surface area (Å²) < 4.78 is 38.8. The van der Waals surface area contributed by atoms with Crippen LogP contribution in [0, 0.1) is 11.8 Å². The number of halogens is 3. The van der Waals surface area contributed by atoms with Crippen LogP contribution in [-0.2, 0) is 0 Å². The van der Waals surface area contributed by atoms with Gasteiger partial charge in [0.25, 0.3) is 0 Å². The van der Waals surface area contributed by atoms with E-state index in [-0.39, 0.29) is 12.0 Å². The van der Waals surface area contributed by atoms with Crippen molar-refractivity contribution in [2.75, 3.05) is 6.54 Å². The number of alkyl halides is 3. The number of nitrogens with one attached hydrogen (secondary N) is 1. The largest absolute Gasteiger partial charge is 0.391 e. The smallest absolute Gasteiger partial charge is 0.314 e. The molecule has 124 valence electrons. The van der Waals surface area contributed by atoms with Crippen LogP contribution in [0.5, 0.6) is 0 Å². The molecule has 0 heterocycles. The van der Waals surface area contributed by atoms with Gasteiger partial charge in [-0.05, 0) is 51.0 Å². The minimum Gasteiger partial charge on any atom is -0.314 e. The molecule has 0 spiro atoms. The van der Waals surface area contributed by atoms with Crippen LogP contribution in [0.4, 0.5) is 13.2 Å². The standard InChI is InChI=1S/C17H30F3N/c1-3-5-6-7-8-12-16(21-4-2)14-10-9-11-15(13-14)17(18,19)20/h3,14-16,21H,1,4-13H2,2H3. The normalized spacial score (nSPS) is 24.8. The third-order valence-electron chi connectivity index (χ3n) is 4.64. The van der Waals surface area contributed by atoms with Gasteiger partial charge in [0, 0.05) is 6.04 Å². The Labute approximate surface area is 127 Å². The average Bonchev–Trinajstić information content (AvgIpc) is 2.45. The second-order valence-electron chi connectivity index (χ2n) is 6.26. The van der Waals surface area contributed by atoms with E-state index in [1.54, 1.807) is 0 Å². The average molecular weight is 305 g/mol. The summed E-state index contributed by atoms with van der Waals surface area (Å²) in [7, 11) is 0. The zero-order chi connectivity index (χ0) is 15.7. The molecule has 1 aliphatic rings. The molecule has 0 aromatic heterocycles. The van der Waals surface area contributed by atoms with E-state index in [0.717, 1.165) is 45.1 Å². The Morgan fingerprint density at radius 3 is 2.62 bits per heavy atom. The maximum atomic E-state index is 12.9. The van der Waals surface area contributed by atoms with Crippen LogP contribution in [0.25, 0.3) is 0 Å². The fraction of sp³-hybridized carbons (Fsp3) is 0.882. The summed E-state index contributed by atoms with van der Waals surface area (Å²) in [6, 6.07) is 0.254. The van der Waals surface area contributed by atoms with Gasteiger partial charge in [-0.1, -0.05) is 32.3 Å². The molecule has 3 atom stereocenters. The minimum atomic E-state index is -4.01. The van der Waals surface area contributed by atoms with Crippen molar-refractivity contribution < 1.29 is 13.2 Å². The lowest BCUT2D eigenvalue weighted by Crippen LogP contribution is -2.40. The van der Waals surface area contributed by atoms with Gasteiger partial charge in [-0.2, -0.15) is 13.2 Å². The highest BCUT2D eigenvalue weighted by molar-refractivity contribution is 4.85. The fourth-order valence-electron chi connectivity index (χ4n) is 3.49. The molecule has 0 aliphatic heterocycles. The predicted octanol–water partition coefficient (Wildman–Crippen LogP) is 5.47. The lowest BCUT2D eigenvalue weighted by molar-refractivity contribution is -0.186. The van der Waals surface area contributed by atoms with Gasteiger partial charge in [-0.15, -0.1) is 6.58 Å². The molecule has 1 nitrogen and oxygen atoms in total. The Morgan fingerprint density at radius 2 is 2.00 bits per heavy atom. The molecule has 0 bridgehead atoms. The van der Waals surface area contributed by atoms with E-state index in [2.05, 4.69) is 11.9 Å². The molecule has 0 amide bonds. The highest BCUT2D eigenvalue weighted by Gasteiger charge is 2.43. The molecule has 21 heavy (non-hydrogen) atoms. The van der Waals surface area contributed by atoms with Crippen molar-refractivity contribution in [1.29, 1.82) is 0 Å². The SMILES string of the molecule is C=CCCCCCC(NCC)C1CCCC(C(F)(F)F)C1. The molecular formula is C17H30F3N. The maximum Gasteiger partial charge on any atom is 0.391 e. The first-order chi connectivity index (χ1) is 9.99. The maximum absolute atomic E-state index is 12.9. The summed E-state index contributed by atoms with van der Waals surface area (Å²) in [6.45, 7) is 6.58. The topological polar surface area (TPSA) is 12.0 Å². The van der Waals surface area contributed by atoms with E-state index in [9.17, 15) is 13.2 Å². The van der Waals surface area contributed by atoms with E-state index in [4.69, 9.17) is 0 Å². The van der Waals surface area contributed by atoms with Gasteiger partial charge in [-0.25, -0.2) is 0 Å². The van der Waals surface area contributed by atoms with E-state index >= 15 is 0 Å². The summed E-state index contributed by atoms with van der Waals surface area (Å²) in [4.78, 5) is 0. The van der Waals surface area contributed by atoms with Crippen LogP contribution < -0.4 is 5.32 Å². The molecule has 0 aromatic carbocycles. The number of unbranched alkanes of at least 4 members (excludes halogenated alkanes) is 3. The zero-order valence-electron chi connectivity index (χ0n) is 13.2. The molecule has 0 saturated heterocycles. The van der Waals surface area contributed by atoms with Gasteiger partial charge in [0.15, 0.2) is 0 Å². The third kappa shape index (κ3) is 6.86. The molecule has 0 aromatic rings. The highest BCUT2D eigenvalue weighted by atomic mass is 19.4. The second-order valence-corrected chi connectivity index (χ2v) is 6.26. The van der Waals surface area contributed by atoms with Gasteiger partial charge in [-0.3, -0.25) is 0 Å². The van der Waals surface area contributed by atoms with Gasteiger partial charge < -0.3 is 5.32 Å². The highest BCUT2D eigenvalue weighted by Crippen LogP contribution is 2.41. The first-order valence-corrected chi connectivity index (χ1v) is 8.40. The molecule has 3 unspecified atom stereocenters. The number of rotatable bonds is 9. The van der Waals surface area contributed by atoms with E-state index in [1.807, 2.05) is 13.0 Å². The lowest BCUT2D eigenvalue weighted by Gasteiger charge is -2.36. The van der Waals surface area contributed by atoms with Crippen molar-refractivity contribution in [2.24, 2.45) is 11.8 Å². The van der Waals surface area contributed by atoms with Crippen molar-refractivity contribution in [3.05, 3.63) is 12.7 Å². The van der Waals surface area contributed by atoms with Gasteiger partial charge in [0.1, 0.15) is 0 Å². The summed E-state index contributed by atoms with van der Waals surface area (Å²) in [5.41, 5.74) is 0. The summed E-state index contributed by atoms with van der Waals surface area (Å²) in [5, 5.41) is 3.43. The first-order valence-electron chi connectivity index (χ1n) is 8.40. The third-order valence-corrected chi connectivity index (χ3v) is 4.64. The number of hydrogen-bond donors (Lipinski definition) is 1. The summed E-state index contributed by atoms with van der Waals surface area (Å²) in [5.74, 6) is -0.900. The van der Waals surface area contributed by atoms with E-state index in [1.165, 1.54) is 0 Å². The van der Waals surface area contributed by atoms with E-state index < -0.39 is 12.1 Å². The Kier molecular flexibility index (Phi) is 8.38. The fourth-order valence-corrected chi connectivity index (χ4v) is 3.49. The zero-order valence-corrected chi connectivity index (χ0v) is 13.2. The molecule has 1 fully saturated rings. The van der Waals surface area contributed by atoms with Crippen LogP contribution in [0.2, 0.25) is 0 Å². The number of hydrogen-bond acceptors (Lipinski definition) is 1. The van der Waals surface area contributed by atoms with Crippen molar-refractivity contribution in [1.82, 2.24) is 5.32 Å². The van der Waals surface area contributed by atoms with Crippen LogP contribution in [-0.4, -0.2) is 18.8 Å². The van der Waals surface area contributed by atoms with Crippen LogP contribution in [0.15, 0.2) is 12.7 Å². The Bertz CT molecular complexity index is 288. The van der Waals surface area contributed by atoms with Gasteiger partial charge >= 0.3 is 6.18 Å². The molecule has 1 saturated carbocycles. The quantitative estimate of drug-likeness (QED) is 0.440. The van der Waals surface area contributed by atoms with E-state index in [0.29, 0.717) is 19.3 Å². The monoisotopic (exact) mass is 305 g/mol. The van der Waals surface area contributed by atoms with Crippen molar-refractivity contribution in [3.63, 3.8) is 0 Å². The van der Waals surface area contributed by atoms with Crippen LogP contribution >= 0.6 is 0 Å². The Hall–Kier alpha value is -0.510. The minimum absolute atomic E-state index is 0.185. The van der Waals surface area contributed by atoms with Crippen molar-refractivity contribution in [2.45, 2.75) is 76.9 Å². The molecule has 4 heteroatoms. The summed E-state index contributed by atoms with van der Waals surface area (Å²) in [6.07, 6.45) is 5.61. The van der Waals surface area contributed by atoms with Crippen LogP contribution in [0.3, 0.4) is 0 Å². The van der Waals surface area contributed by atoms with Crippen LogP contribution in [0.1, 0.15) is 64.7 Å². The molecule has 1 rings (SSSR count). The molecule has 0 radical (unpaired) electrons. The second kappa shape index (κ2) is 9.50. The Balaban J connectivity index is 2.44. The Morgan fingerprint density at radius 1 is 1.24 bits per heavy atom. The lowest BCUT2D eigenvalue weighted by atomic mass is 9.76. The molecular weight excluding hydrogens is 275 g/mol. The first kappa shape index (κ1) is 18.5. The van der Waals surface area contributed by atoms with Gasteiger partial charge in [0.05, 0.1) is 5.92 Å². The van der Waals surface area contributed by atoms with Crippen molar-refractivity contribution in [3.8, 4) is 0 Å². The molecule has 1 N–H and O–H groups in total. The number of allylic oxidation sites excluding steroid dienone is 1. The van der Waals surface area contributed by atoms with Gasteiger partial charge in [0.2, 0.25) is 0 Å². The molecule has 1 aliphatic carbocycles. The van der Waals surface area contributed by atoms with Crippen molar-refractivity contribution >= 4 is 0 Å².